The Balaban J connectivity index is 1.61. The Hall–Kier alpha value is -5.55. The maximum absolute atomic E-state index is 14.8. The minimum Gasteiger partial charge on any atom is -0.465 e. The normalized spacial score (nSPS) is 17.7. The number of likely N-dealkylation sites (tertiary alicyclic amines) is 1. The second kappa shape index (κ2) is 49.7. The molecule has 468 valence electrons. The minimum absolute atomic E-state index is 0.104. The maximum atomic E-state index is 14.8. The first-order valence-electron chi connectivity index (χ1n) is 33.2. The number of esters is 4. The van der Waals surface area contributed by atoms with Gasteiger partial charge in [0, 0.05) is 18.9 Å². The van der Waals surface area contributed by atoms with Gasteiger partial charge in [0.15, 0.2) is 6.10 Å². The second-order valence-corrected chi connectivity index (χ2v) is 22.9. The van der Waals surface area contributed by atoms with Gasteiger partial charge in [-0.3, -0.25) is 24.5 Å². The molecule has 2 aliphatic rings. The van der Waals surface area contributed by atoms with Crippen molar-refractivity contribution < 1.29 is 42.9 Å². The summed E-state index contributed by atoms with van der Waals surface area (Å²) in [6, 6.07) is 7.33. The van der Waals surface area contributed by atoms with Crippen molar-refractivity contribution in [2.45, 2.75) is 270 Å². The van der Waals surface area contributed by atoms with Crippen LogP contribution in [0.3, 0.4) is 0 Å². The Bertz CT molecular complexity index is 2080. The van der Waals surface area contributed by atoms with Gasteiger partial charge < -0.3 is 23.8 Å². The molecule has 11 nitrogen and oxygen atoms in total. The summed E-state index contributed by atoms with van der Waals surface area (Å²) in [5.74, 6) is -2.06. The molecule has 1 aromatic carbocycles. The van der Waals surface area contributed by atoms with Crippen LogP contribution in [-0.4, -0.2) is 84.8 Å². The molecule has 2 fully saturated rings. The van der Waals surface area contributed by atoms with Crippen LogP contribution in [-0.2, 0) is 49.3 Å². The number of hydrogen-bond donors (Lipinski definition) is 1. The van der Waals surface area contributed by atoms with Crippen molar-refractivity contribution >= 4 is 29.8 Å². The molecule has 1 aliphatic carbocycles. The average Bonchev–Trinajstić information content (AvgIpc) is 2.73. The van der Waals surface area contributed by atoms with E-state index < -0.39 is 42.1 Å². The number of allylic oxidation sites excluding steroid dienone is 16. The van der Waals surface area contributed by atoms with Gasteiger partial charge in [-0.1, -0.05) is 219 Å². The number of amides is 1. The largest absolute Gasteiger partial charge is 0.465 e. The van der Waals surface area contributed by atoms with Crippen molar-refractivity contribution in [2.75, 3.05) is 19.8 Å². The molecule has 0 unspecified atom stereocenters. The van der Waals surface area contributed by atoms with E-state index in [0.29, 0.717) is 51.6 Å². The lowest BCUT2D eigenvalue weighted by Gasteiger charge is -2.36. The Morgan fingerprint density at radius 3 is 1.51 bits per heavy atom. The summed E-state index contributed by atoms with van der Waals surface area (Å²) in [7, 11) is 0. The summed E-state index contributed by atoms with van der Waals surface area (Å²) >= 11 is 0. The quantitative estimate of drug-likeness (QED) is 0.0290. The number of aryl methyl sites for hydroxylation is 1. The molecule has 1 aliphatic heterocycles. The minimum atomic E-state index is -1.08. The van der Waals surface area contributed by atoms with Gasteiger partial charge in [0.25, 0.3) is 0 Å². The molecule has 0 spiro atoms. The number of carbonyl (C=O) groups is 5. The Morgan fingerprint density at radius 2 is 1.00 bits per heavy atom. The van der Waals surface area contributed by atoms with Crippen molar-refractivity contribution in [2.24, 2.45) is 5.92 Å². The molecule has 1 heterocycles. The van der Waals surface area contributed by atoms with Crippen LogP contribution in [0.15, 0.2) is 128 Å². The molecular formula is C73H112N2O9. The Kier molecular flexibility index (Phi) is 43.0. The average molecular weight is 1160 g/mol. The van der Waals surface area contributed by atoms with Gasteiger partial charge in [0.1, 0.15) is 25.3 Å². The molecule has 1 aromatic rings. The molecule has 1 N–H and O–H groups in total. The van der Waals surface area contributed by atoms with E-state index in [1.54, 1.807) is 11.8 Å². The zero-order valence-corrected chi connectivity index (χ0v) is 52.7. The van der Waals surface area contributed by atoms with Crippen LogP contribution in [0.25, 0.3) is 0 Å². The molecule has 0 aromatic heterocycles. The number of nitrogens with one attached hydrogen (secondary N) is 1. The highest BCUT2D eigenvalue weighted by atomic mass is 16.6. The van der Waals surface area contributed by atoms with Gasteiger partial charge in [-0.25, -0.2) is 4.79 Å². The zero-order chi connectivity index (χ0) is 60.3. The number of hydrogen-bond acceptors (Lipinski definition) is 10. The van der Waals surface area contributed by atoms with E-state index in [-0.39, 0.29) is 49.9 Å². The number of rotatable bonds is 48. The van der Waals surface area contributed by atoms with E-state index in [1.165, 1.54) is 57.8 Å². The number of carbonyl (C=O) groups excluding carboxylic acids is 5. The lowest BCUT2D eigenvalue weighted by molar-refractivity contribution is -0.171. The number of unbranched alkanes of at least 4 members (excludes halogenated alkanes) is 13. The summed E-state index contributed by atoms with van der Waals surface area (Å²) in [6.07, 6.45) is 63.3. The standard InChI is InChI=1S/C73H112N2O9/c1-5-8-11-14-17-19-21-23-25-27-29-31-33-35-37-39-45-54-69(76)82-60-65(61-83-70(77)55-46-40-38-36-34-32-30-28-26-24-22-20-18-15-12-9-6-2)84-73(80)68-59-64-52-47-48-53-67(64)75(68)71(78)62(4)74-66(57-56-63-50-43-42-44-51-63)72(79)81-58-49-41-16-13-10-7-3/h17-20,23-26,29-32,35-38,42-44,50-51,62,64-68,74H,5-16,21-22,27-28,33-34,39-41,45-49,52-61H2,1-4H3/t62-,64+,65?,66-,67-,68-/m0/s1. The molecule has 1 saturated heterocycles. The van der Waals surface area contributed by atoms with Gasteiger partial charge >= 0.3 is 23.9 Å². The predicted molar refractivity (Wildman–Crippen MR) is 345 cm³/mol. The third kappa shape index (κ3) is 35.0. The third-order valence-corrected chi connectivity index (χ3v) is 15.6. The summed E-state index contributed by atoms with van der Waals surface area (Å²) in [5, 5.41) is 3.34. The van der Waals surface area contributed by atoms with Crippen molar-refractivity contribution in [3.05, 3.63) is 133 Å². The van der Waals surface area contributed by atoms with E-state index in [0.717, 1.165) is 102 Å². The summed E-state index contributed by atoms with van der Waals surface area (Å²) in [4.78, 5) is 71.0. The van der Waals surface area contributed by atoms with Gasteiger partial charge in [-0.15, -0.1) is 0 Å². The number of benzene rings is 1. The molecule has 5 atom stereocenters. The van der Waals surface area contributed by atoms with E-state index in [9.17, 15) is 24.0 Å². The summed E-state index contributed by atoms with van der Waals surface area (Å²) in [6.45, 7) is 8.13. The fourth-order valence-electron chi connectivity index (χ4n) is 10.7. The van der Waals surface area contributed by atoms with Gasteiger partial charge in [-0.05, 0) is 147 Å². The number of fused-ring (bicyclic) bond motifs is 1. The molecule has 3 rings (SSSR count). The van der Waals surface area contributed by atoms with Crippen LogP contribution in [0.4, 0.5) is 0 Å². The molecule has 84 heavy (non-hydrogen) atoms. The first-order chi connectivity index (χ1) is 41.2. The van der Waals surface area contributed by atoms with E-state index in [4.69, 9.17) is 18.9 Å². The first-order valence-corrected chi connectivity index (χ1v) is 33.2. The lowest BCUT2D eigenvalue weighted by Crippen LogP contribution is -2.56. The smallest absolute Gasteiger partial charge is 0.329 e. The van der Waals surface area contributed by atoms with Crippen LogP contribution in [0.1, 0.15) is 239 Å². The van der Waals surface area contributed by atoms with Crippen molar-refractivity contribution in [3.63, 3.8) is 0 Å². The predicted octanol–water partition coefficient (Wildman–Crippen LogP) is 17.3. The van der Waals surface area contributed by atoms with Gasteiger partial charge in [0.2, 0.25) is 5.91 Å². The zero-order valence-electron chi connectivity index (χ0n) is 52.7. The van der Waals surface area contributed by atoms with Crippen LogP contribution < -0.4 is 5.32 Å². The van der Waals surface area contributed by atoms with Crippen molar-refractivity contribution in [3.8, 4) is 0 Å². The van der Waals surface area contributed by atoms with E-state index in [1.807, 2.05) is 30.3 Å². The topological polar surface area (TPSA) is 138 Å². The number of nitrogens with zero attached hydrogens (tertiary/aromatic N) is 1. The molecule has 1 saturated carbocycles. The van der Waals surface area contributed by atoms with Gasteiger partial charge in [0.05, 0.1) is 12.6 Å². The maximum Gasteiger partial charge on any atom is 0.329 e. The van der Waals surface area contributed by atoms with E-state index >= 15 is 0 Å². The Labute approximate surface area is 509 Å². The highest BCUT2D eigenvalue weighted by Gasteiger charge is 2.49. The van der Waals surface area contributed by atoms with Crippen LogP contribution >= 0.6 is 0 Å². The van der Waals surface area contributed by atoms with E-state index in [2.05, 4.69) is 123 Å². The molecule has 0 radical (unpaired) electrons. The summed E-state index contributed by atoms with van der Waals surface area (Å²) in [5.41, 5.74) is 1.08. The SMILES string of the molecule is CCCCCC=CCC=CCC=CCC=CCCCC(=O)OCC(COC(=O)CCCC=CCC=CCC=CCC=CCCCCC)OC(=O)[C@@H]1C[C@H]2CCCC[C@@H]2N1C(=O)[C@H](C)N[C@@H](CCc1ccccc1)C(=O)OCCCCCCCC. The van der Waals surface area contributed by atoms with Crippen molar-refractivity contribution in [1.29, 1.82) is 0 Å². The van der Waals surface area contributed by atoms with Crippen LogP contribution in [0, 0.1) is 5.92 Å². The molecule has 1 amide bonds. The second-order valence-electron chi connectivity index (χ2n) is 22.9. The Morgan fingerprint density at radius 1 is 0.548 bits per heavy atom. The van der Waals surface area contributed by atoms with Crippen molar-refractivity contribution in [1.82, 2.24) is 10.2 Å². The molecular weight excluding hydrogens is 1050 g/mol. The highest BCUT2D eigenvalue weighted by Crippen LogP contribution is 2.40. The fraction of sp³-hybridized carbons (Fsp3) is 0.630. The lowest BCUT2D eigenvalue weighted by atomic mass is 9.84. The van der Waals surface area contributed by atoms with Crippen LogP contribution in [0.2, 0.25) is 0 Å². The molecule has 11 heteroatoms. The monoisotopic (exact) mass is 1160 g/mol. The fourth-order valence-corrected chi connectivity index (χ4v) is 10.7. The van der Waals surface area contributed by atoms with Gasteiger partial charge in [-0.2, -0.15) is 0 Å². The van der Waals surface area contributed by atoms with Crippen LogP contribution in [0.5, 0.6) is 0 Å². The summed E-state index contributed by atoms with van der Waals surface area (Å²) < 4.78 is 23.4. The highest BCUT2D eigenvalue weighted by molar-refractivity contribution is 5.89. The molecule has 0 bridgehead atoms. The number of ether oxygens (including phenoxy) is 4. The first kappa shape index (κ1) is 72.7. The third-order valence-electron chi connectivity index (χ3n) is 15.6.